The molecule has 1 saturated heterocycles. The van der Waals surface area contributed by atoms with Crippen molar-refractivity contribution in [3.63, 3.8) is 0 Å². The van der Waals surface area contributed by atoms with Crippen molar-refractivity contribution in [3.05, 3.63) is 24.3 Å². The van der Waals surface area contributed by atoms with E-state index in [4.69, 9.17) is 10.5 Å². The Bertz CT molecular complexity index is 572. The van der Waals surface area contributed by atoms with Crippen molar-refractivity contribution in [2.24, 2.45) is 5.73 Å². The summed E-state index contributed by atoms with van der Waals surface area (Å²) in [5.74, 6) is 1.37. The Hall–Kier alpha value is -1.88. The van der Waals surface area contributed by atoms with Crippen molar-refractivity contribution < 1.29 is 4.74 Å². The van der Waals surface area contributed by atoms with Crippen molar-refractivity contribution in [2.45, 2.75) is 12.5 Å². The molecule has 5 nitrogen and oxygen atoms in total. The number of benzene rings is 1. The van der Waals surface area contributed by atoms with E-state index in [9.17, 15) is 0 Å². The van der Waals surface area contributed by atoms with Crippen molar-refractivity contribution in [1.82, 2.24) is 9.97 Å². The summed E-state index contributed by atoms with van der Waals surface area (Å²) < 4.78 is 5.34. The van der Waals surface area contributed by atoms with Crippen LogP contribution in [-0.2, 0) is 0 Å². The Morgan fingerprint density at radius 2 is 2.00 bits per heavy atom. The van der Waals surface area contributed by atoms with Gasteiger partial charge in [-0.2, -0.15) is 0 Å². The van der Waals surface area contributed by atoms with Gasteiger partial charge in [-0.1, -0.05) is 12.1 Å². The third kappa shape index (κ3) is 1.86. The molecule has 1 aliphatic rings. The third-order valence-electron chi connectivity index (χ3n) is 3.24. The maximum atomic E-state index is 5.94. The van der Waals surface area contributed by atoms with Crippen LogP contribution in [0.3, 0.4) is 0 Å². The molecular weight excluding hydrogens is 228 g/mol. The second kappa shape index (κ2) is 4.42. The van der Waals surface area contributed by atoms with Gasteiger partial charge < -0.3 is 15.4 Å². The van der Waals surface area contributed by atoms with Crippen molar-refractivity contribution in [2.75, 3.05) is 25.1 Å². The largest absolute Gasteiger partial charge is 0.478 e. The standard InChI is InChI=1S/C13H16N4O/c1-18-13-12(17-7-6-9(14)8-17)15-10-4-2-3-5-11(10)16-13/h2-5,9H,6-8,14H2,1H3. The minimum Gasteiger partial charge on any atom is -0.478 e. The number of rotatable bonds is 2. The number of aromatic nitrogens is 2. The van der Waals surface area contributed by atoms with Crippen molar-refractivity contribution in [1.29, 1.82) is 0 Å². The zero-order valence-corrected chi connectivity index (χ0v) is 10.3. The van der Waals surface area contributed by atoms with Gasteiger partial charge in [0.25, 0.3) is 5.88 Å². The normalized spacial score (nSPS) is 19.4. The van der Waals surface area contributed by atoms with Gasteiger partial charge in [-0.05, 0) is 18.6 Å². The molecule has 5 heteroatoms. The lowest BCUT2D eigenvalue weighted by Crippen LogP contribution is -2.27. The highest BCUT2D eigenvalue weighted by Gasteiger charge is 2.24. The molecule has 0 bridgehead atoms. The second-order valence-electron chi connectivity index (χ2n) is 4.54. The smallest absolute Gasteiger partial charge is 0.257 e. The van der Waals surface area contributed by atoms with Crippen LogP contribution in [0.5, 0.6) is 5.88 Å². The lowest BCUT2D eigenvalue weighted by molar-refractivity contribution is 0.398. The van der Waals surface area contributed by atoms with E-state index in [0.717, 1.165) is 36.4 Å². The lowest BCUT2D eigenvalue weighted by atomic mass is 10.3. The molecule has 2 N–H and O–H groups in total. The molecule has 0 saturated carbocycles. The summed E-state index contributed by atoms with van der Waals surface area (Å²) in [4.78, 5) is 11.3. The van der Waals surface area contributed by atoms with Gasteiger partial charge in [-0.3, -0.25) is 0 Å². The van der Waals surface area contributed by atoms with Crippen LogP contribution in [0.25, 0.3) is 11.0 Å². The summed E-state index contributed by atoms with van der Waals surface area (Å²) in [6.07, 6.45) is 0.984. The summed E-state index contributed by atoms with van der Waals surface area (Å²) in [7, 11) is 1.62. The van der Waals surface area contributed by atoms with Crippen LogP contribution in [-0.4, -0.2) is 36.2 Å². The summed E-state index contributed by atoms with van der Waals surface area (Å²) in [5.41, 5.74) is 7.67. The van der Waals surface area contributed by atoms with Gasteiger partial charge in [0.2, 0.25) is 0 Å². The number of para-hydroxylation sites is 2. The van der Waals surface area contributed by atoms with Crippen LogP contribution < -0.4 is 15.4 Å². The lowest BCUT2D eigenvalue weighted by Gasteiger charge is -2.19. The Labute approximate surface area is 106 Å². The van der Waals surface area contributed by atoms with E-state index in [-0.39, 0.29) is 6.04 Å². The minimum atomic E-state index is 0.211. The molecule has 2 heterocycles. The first kappa shape index (κ1) is 11.2. The van der Waals surface area contributed by atoms with Crippen LogP contribution in [0.1, 0.15) is 6.42 Å². The molecule has 2 aromatic rings. The van der Waals surface area contributed by atoms with Crippen LogP contribution >= 0.6 is 0 Å². The number of fused-ring (bicyclic) bond motifs is 1. The summed E-state index contributed by atoms with van der Waals surface area (Å²) in [5, 5.41) is 0. The number of nitrogens with two attached hydrogens (primary N) is 1. The predicted molar refractivity (Wildman–Crippen MR) is 70.9 cm³/mol. The quantitative estimate of drug-likeness (QED) is 0.859. The van der Waals surface area contributed by atoms with Gasteiger partial charge >= 0.3 is 0 Å². The van der Waals surface area contributed by atoms with E-state index >= 15 is 0 Å². The van der Waals surface area contributed by atoms with Crippen LogP contribution in [0.15, 0.2) is 24.3 Å². The molecule has 0 amide bonds. The summed E-state index contributed by atoms with van der Waals surface area (Å²) in [6, 6.07) is 8.01. The van der Waals surface area contributed by atoms with Gasteiger partial charge in [0.15, 0.2) is 5.82 Å². The van der Waals surface area contributed by atoms with E-state index in [1.165, 1.54) is 0 Å². The molecule has 1 unspecified atom stereocenters. The molecule has 94 valence electrons. The van der Waals surface area contributed by atoms with Crippen LogP contribution in [0.2, 0.25) is 0 Å². The Morgan fingerprint density at radius 1 is 1.28 bits per heavy atom. The van der Waals surface area contributed by atoms with E-state index in [1.54, 1.807) is 7.11 Å². The number of ether oxygens (including phenoxy) is 1. The Kier molecular flexibility index (Phi) is 2.76. The summed E-state index contributed by atoms with van der Waals surface area (Å²) in [6.45, 7) is 1.72. The number of hydrogen-bond donors (Lipinski definition) is 1. The molecule has 1 aromatic heterocycles. The molecule has 1 aromatic carbocycles. The molecular formula is C13H16N4O. The topological polar surface area (TPSA) is 64.3 Å². The Morgan fingerprint density at radius 3 is 2.61 bits per heavy atom. The SMILES string of the molecule is COc1nc2ccccc2nc1N1CCC(N)C1. The average molecular weight is 244 g/mol. The molecule has 18 heavy (non-hydrogen) atoms. The highest BCUT2D eigenvalue weighted by molar-refractivity contribution is 5.77. The van der Waals surface area contributed by atoms with Crippen LogP contribution in [0.4, 0.5) is 5.82 Å². The van der Waals surface area contributed by atoms with Crippen molar-refractivity contribution >= 4 is 16.9 Å². The first-order chi connectivity index (χ1) is 8.78. The van der Waals surface area contributed by atoms with Gasteiger partial charge in [0.05, 0.1) is 18.1 Å². The number of anilines is 1. The molecule has 1 fully saturated rings. The summed E-state index contributed by atoms with van der Waals surface area (Å²) >= 11 is 0. The number of hydrogen-bond acceptors (Lipinski definition) is 5. The highest BCUT2D eigenvalue weighted by atomic mass is 16.5. The molecule has 0 spiro atoms. The fourth-order valence-corrected chi connectivity index (χ4v) is 2.30. The highest BCUT2D eigenvalue weighted by Crippen LogP contribution is 2.28. The number of methoxy groups -OCH3 is 1. The maximum absolute atomic E-state index is 5.94. The van der Waals surface area contributed by atoms with E-state index in [1.807, 2.05) is 24.3 Å². The Balaban J connectivity index is 2.09. The molecule has 0 aliphatic carbocycles. The van der Waals surface area contributed by atoms with E-state index in [2.05, 4.69) is 14.9 Å². The molecule has 0 radical (unpaired) electrons. The second-order valence-corrected chi connectivity index (χ2v) is 4.54. The zero-order valence-electron chi connectivity index (χ0n) is 10.3. The minimum absolute atomic E-state index is 0.211. The van der Waals surface area contributed by atoms with Gasteiger partial charge in [-0.25, -0.2) is 9.97 Å². The predicted octanol–water partition coefficient (Wildman–Crippen LogP) is 1.18. The molecule has 3 rings (SSSR count). The fraction of sp³-hybridized carbons (Fsp3) is 0.385. The molecule has 1 aliphatic heterocycles. The average Bonchev–Trinajstić information content (AvgIpc) is 2.83. The van der Waals surface area contributed by atoms with E-state index in [0.29, 0.717) is 5.88 Å². The molecule has 1 atom stereocenters. The van der Waals surface area contributed by atoms with Crippen molar-refractivity contribution in [3.8, 4) is 5.88 Å². The zero-order chi connectivity index (χ0) is 12.5. The monoisotopic (exact) mass is 244 g/mol. The van der Waals surface area contributed by atoms with E-state index < -0.39 is 0 Å². The fourth-order valence-electron chi connectivity index (χ4n) is 2.30. The first-order valence-electron chi connectivity index (χ1n) is 6.09. The number of nitrogens with zero attached hydrogens (tertiary/aromatic N) is 3. The maximum Gasteiger partial charge on any atom is 0.257 e. The van der Waals surface area contributed by atoms with Crippen LogP contribution in [0, 0.1) is 0 Å². The van der Waals surface area contributed by atoms with Gasteiger partial charge in [0.1, 0.15) is 0 Å². The first-order valence-corrected chi connectivity index (χ1v) is 6.09. The van der Waals surface area contributed by atoms with Gasteiger partial charge in [0, 0.05) is 19.1 Å². The third-order valence-corrected chi connectivity index (χ3v) is 3.24. The van der Waals surface area contributed by atoms with Gasteiger partial charge in [-0.15, -0.1) is 0 Å².